The maximum absolute atomic E-state index is 5.58. The molecule has 1 heterocycles. The van der Waals surface area contributed by atoms with Gasteiger partial charge in [0.25, 0.3) is 0 Å². The summed E-state index contributed by atoms with van der Waals surface area (Å²) in [5.41, 5.74) is 1.19. The van der Waals surface area contributed by atoms with Crippen LogP contribution in [0.25, 0.3) is 0 Å². The minimum absolute atomic E-state index is 0.0856. The molecule has 0 radical (unpaired) electrons. The lowest BCUT2D eigenvalue weighted by atomic mass is 10.0. The molecule has 1 atom stereocenters. The Morgan fingerprint density at radius 2 is 2.14 bits per heavy atom. The molecule has 118 valence electrons. The van der Waals surface area contributed by atoms with Crippen LogP contribution in [-0.4, -0.2) is 39.2 Å². The van der Waals surface area contributed by atoms with Crippen molar-refractivity contribution in [3.63, 3.8) is 0 Å². The lowest BCUT2D eigenvalue weighted by molar-refractivity contribution is -0.0526. The third kappa shape index (κ3) is 5.25. The first kappa shape index (κ1) is 16.7. The Hall–Kier alpha value is -0.620. The Bertz CT molecular complexity index is 436. The van der Waals surface area contributed by atoms with E-state index in [1.165, 1.54) is 5.56 Å². The van der Waals surface area contributed by atoms with Crippen molar-refractivity contribution in [2.24, 2.45) is 0 Å². The maximum Gasteiger partial charge on any atom is 0.159 e. The van der Waals surface area contributed by atoms with Crippen molar-refractivity contribution in [1.29, 1.82) is 0 Å². The molecule has 0 aliphatic carbocycles. The largest absolute Gasteiger partial charge is 0.496 e. The van der Waals surface area contributed by atoms with E-state index in [1.54, 1.807) is 7.11 Å². The van der Waals surface area contributed by atoms with Crippen molar-refractivity contribution < 1.29 is 14.2 Å². The minimum atomic E-state index is -0.0856. The molecule has 1 aliphatic rings. The van der Waals surface area contributed by atoms with Crippen LogP contribution in [0.4, 0.5) is 0 Å². The van der Waals surface area contributed by atoms with Crippen molar-refractivity contribution in [3.8, 4) is 5.75 Å². The van der Waals surface area contributed by atoms with Crippen LogP contribution in [0.1, 0.15) is 25.3 Å². The molecule has 0 bridgehead atoms. The Morgan fingerprint density at radius 1 is 1.38 bits per heavy atom. The molecule has 0 saturated carbocycles. The molecule has 21 heavy (non-hydrogen) atoms. The second kappa shape index (κ2) is 8.73. The number of methoxy groups -OCH3 is 1. The summed E-state index contributed by atoms with van der Waals surface area (Å²) in [4.78, 5) is 0. The molecule has 0 amide bonds. The molecule has 1 aliphatic heterocycles. The van der Waals surface area contributed by atoms with Crippen LogP contribution >= 0.6 is 15.9 Å². The summed E-state index contributed by atoms with van der Waals surface area (Å²) in [6, 6.07) is 6.44. The molecular weight excluding hydrogens is 334 g/mol. The number of benzene rings is 1. The van der Waals surface area contributed by atoms with E-state index in [4.69, 9.17) is 14.2 Å². The van der Waals surface area contributed by atoms with E-state index in [1.807, 2.05) is 12.1 Å². The van der Waals surface area contributed by atoms with Crippen molar-refractivity contribution in [2.75, 3.05) is 26.9 Å². The Balaban J connectivity index is 2.03. The van der Waals surface area contributed by atoms with Gasteiger partial charge in [0.1, 0.15) is 5.75 Å². The molecule has 0 spiro atoms. The van der Waals surface area contributed by atoms with E-state index in [0.717, 1.165) is 36.0 Å². The standard InChI is InChI=1S/C16H24BrNO3/c1-3-6-18-14(11-16-20-7-8-21-16)10-12-9-13(17)4-5-15(12)19-2/h4-5,9,14,16,18H,3,6-8,10-11H2,1-2H3. The molecule has 0 aromatic heterocycles. The summed E-state index contributed by atoms with van der Waals surface area (Å²) < 4.78 is 17.7. The quantitative estimate of drug-likeness (QED) is 0.775. The van der Waals surface area contributed by atoms with Crippen molar-refractivity contribution in [3.05, 3.63) is 28.2 Å². The fourth-order valence-corrected chi connectivity index (χ4v) is 2.94. The smallest absolute Gasteiger partial charge is 0.159 e. The van der Waals surface area contributed by atoms with Gasteiger partial charge in [-0.1, -0.05) is 22.9 Å². The topological polar surface area (TPSA) is 39.7 Å². The third-order valence-corrected chi connectivity index (χ3v) is 4.05. The van der Waals surface area contributed by atoms with Crippen LogP contribution < -0.4 is 10.1 Å². The first-order valence-electron chi connectivity index (χ1n) is 7.52. The molecule has 1 aromatic rings. The summed E-state index contributed by atoms with van der Waals surface area (Å²) in [5.74, 6) is 0.926. The van der Waals surface area contributed by atoms with Crippen molar-refractivity contribution in [2.45, 2.75) is 38.5 Å². The highest BCUT2D eigenvalue weighted by Crippen LogP contribution is 2.25. The summed E-state index contributed by atoms with van der Waals surface area (Å²) in [6.45, 7) is 4.57. The number of ether oxygens (including phenoxy) is 3. The summed E-state index contributed by atoms with van der Waals surface area (Å²) in [7, 11) is 1.71. The fourth-order valence-electron chi connectivity index (χ4n) is 2.54. The molecule has 1 fully saturated rings. The highest BCUT2D eigenvalue weighted by Gasteiger charge is 2.22. The average molecular weight is 358 g/mol. The number of halogens is 1. The van der Waals surface area contributed by atoms with Crippen LogP contribution in [0.15, 0.2) is 22.7 Å². The van der Waals surface area contributed by atoms with Gasteiger partial charge >= 0.3 is 0 Å². The van der Waals surface area contributed by atoms with Gasteiger partial charge in [0.15, 0.2) is 6.29 Å². The van der Waals surface area contributed by atoms with Crippen LogP contribution in [0.3, 0.4) is 0 Å². The minimum Gasteiger partial charge on any atom is -0.496 e. The van der Waals surface area contributed by atoms with Gasteiger partial charge in [-0.05, 0) is 43.1 Å². The molecule has 1 N–H and O–H groups in total. The predicted molar refractivity (Wildman–Crippen MR) is 86.8 cm³/mol. The van der Waals surface area contributed by atoms with Crippen LogP contribution in [-0.2, 0) is 15.9 Å². The molecule has 1 unspecified atom stereocenters. The molecule has 1 saturated heterocycles. The molecular formula is C16H24BrNO3. The zero-order chi connectivity index (χ0) is 15.1. The number of hydrogen-bond donors (Lipinski definition) is 1. The van der Waals surface area contributed by atoms with E-state index >= 15 is 0 Å². The Kier molecular flexibility index (Phi) is 6.96. The Morgan fingerprint density at radius 3 is 2.81 bits per heavy atom. The van der Waals surface area contributed by atoms with E-state index in [-0.39, 0.29) is 6.29 Å². The second-order valence-electron chi connectivity index (χ2n) is 5.22. The monoisotopic (exact) mass is 357 g/mol. The number of hydrogen-bond acceptors (Lipinski definition) is 4. The van der Waals surface area contributed by atoms with Crippen molar-refractivity contribution >= 4 is 15.9 Å². The zero-order valence-corrected chi connectivity index (χ0v) is 14.3. The van der Waals surface area contributed by atoms with Gasteiger partial charge in [0.05, 0.1) is 20.3 Å². The van der Waals surface area contributed by atoms with Gasteiger partial charge in [-0.25, -0.2) is 0 Å². The van der Waals surface area contributed by atoms with Gasteiger partial charge in [0, 0.05) is 16.9 Å². The van der Waals surface area contributed by atoms with Gasteiger partial charge in [-0.3, -0.25) is 0 Å². The van der Waals surface area contributed by atoms with Gasteiger partial charge in [-0.15, -0.1) is 0 Å². The van der Waals surface area contributed by atoms with E-state index in [0.29, 0.717) is 19.3 Å². The predicted octanol–water partition coefficient (Wildman–Crippen LogP) is 3.13. The second-order valence-corrected chi connectivity index (χ2v) is 6.13. The number of nitrogens with one attached hydrogen (secondary N) is 1. The first-order valence-corrected chi connectivity index (χ1v) is 8.31. The van der Waals surface area contributed by atoms with Crippen LogP contribution in [0, 0.1) is 0 Å². The molecule has 1 aromatic carbocycles. The molecule has 2 rings (SSSR count). The summed E-state index contributed by atoms with van der Waals surface area (Å²) >= 11 is 3.53. The SMILES string of the molecule is CCCNC(Cc1cc(Br)ccc1OC)CC1OCCO1. The van der Waals surface area contributed by atoms with Gasteiger partial charge in [0.2, 0.25) is 0 Å². The highest BCUT2D eigenvalue weighted by atomic mass is 79.9. The number of rotatable bonds is 8. The molecule has 5 heteroatoms. The third-order valence-electron chi connectivity index (χ3n) is 3.56. The lowest BCUT2D eigenvalue weighted by Crippen LogP contribution is -2.35. The maximum atomic E-state index is 5.58. The van der Waals surface area contributed by atoms with Crippen LogP contribution in [0.5, 0.6) is 5.75 Å². The zero-order valence-electron chi connectivity index (χ0n) is 12.7. The van der Waals surface area contributed by atoms with E-state index < -0.39 is 0 Å². The van der Waals surface area contributed by atoms with Gasteiger partial charge in [-0.2, -0.15) is 0 Å². The summed E-state index contributed by atoms with van der Waals surface area (Å²) in [6.07, 6.45) is 2.78. The van der Waals surface area contributed by atoms with E-state index in [2.05, 4.69) is 34.2 Å². The lowest BCUT2D eigenvalue weighted by Gasteiger charge is -2.22. The van der Waals surface area contributed by atoms with Crippen molar-refractivity contribution in [1.82, 2.24) is 5.32 Å². The average Bonchev–Trinajstić information content (AvgIpc) is 2.98. The van der Waals surface area contributed by atoms with E-state index in [9.17, 15) is 0 Å². The fraction of sp³-hybridized carbons (Fsp3) is 0.625. The highest BCUT2D eigenvalue weighted by molar-refractivity contribution is 9.10. The molecule has 4 nitrogen and oxygen atoms in total. The van der Waals surface area contributed by atoms with Gasteiger partial charge < -0.3 is 19.5 Å². The normalized spacial score (nSPS) is 17.1. The van der Waals surface area contributed by atoms with Crippen LogP contribution in [0.2, 0.25) is 0 Å². The Labute approximate surface area is 135 Å². The first-order chi connectivity index (χ1) is 10.2. The summed E-state index contributed by atoms with van der Waals surface area (Å²) in [5, 5.41) is 3.58.